The molecule has 0 bridgehead atoms. The molecule has 2 heteroatoms. The number of methoxy groups -OCH3 is 1. The summed E-state index contributed by atoms with van der Waals surface area (Å²) in [6.45, 7) is 8.53. The first kappa shape index (κ1) is 13.7. The molecule has 0 aliphatic carbocycles. The van der Waals surface area contributed by atoms with Crippen LogP contribution in [0.1, 0.15) is 39.5 Å². The van der Waals surface area contributed by atoms with Gasteiger partial charge in [0.25, 0.3) is 0 Å². The van der Waals surface area contributed by atoms with Crippen molar-refractivity contribution in [3.63, 3.8) is 0 Å². The van der Waals surface area contributed by atoms with E-state index in [1.807, 2.05) is 6.08 Å². The fourth-order valence-corrected chi connectivity index (χ4v) is 1.40. The van der Waals surface area contributed by atoms with E-state index >= 15 is 0 Å². The third kappa shape index (κ3) is 6.17. The topological polar surface area (TPSA) is 18.5 Å². The molecule has 2 nitrogen and oxygen atoms in total. The second kappa shape index (κ2) is 9.22. The van der Waals surface area contributed by atoms with Crippen LogP contribution in [0.15, 0.2) is 12.7 Å². The van der Waals surface area contributed by atoms with Crippen LogP contribution in [0.3, 0.4) is 0 Å². The molecule has 0 aromatic heterocycles. The van der Waals surface area contributed by atoms with Crippen molar-refractivity contribution in [2.45, 2.75) is 45.6 Å². The van der Waals surface area contributed by atoms with Crippen molar-refractivity contribution in [3.8, 4) is 0 Å². The lowest BCUT2D eigenvalue weighted by Crippen LogP contribution is -2.21. The van der Waals surface area contributed by atoms with Gasteiger partial charge in [0.05, 0.1) is 6.10 Å². The number of ether oxygens (including phenoxy) is 2. The van der Waals surface area contributed by atoms with Crippen molar-refractivity contribution in [1.29, 1.82) is 0 Å². The molecule has 0 aromatic rings. The minimum atomic E-state index is 0.263. The van der Waals surface area contributed by atoms with Gasteiger partial charge in [0.2, 0.25) is 0 Å². The monoisotopic (exact) mass is 200 g/mol. The molecule has 0 aliphatic rings. The molecule has 0 spiro atoms. The van der Waals surface area contributed by atoms with Gasteiger partial charge in [-0.05, 0) is 6.42 Å². The minimum absolute atomic E-state index is 0.263. The highest BCUT2D eigenvalue weighted by molar-refractivity contribution is 4.81. The van der Waals surface area contributed by atoms with Crippen molar-refractivity contribution >= 4 is 0 Å². The molecule has 0 rings (SSSR count). The summed E-state index contributed by atoms with van der Waals surface area (Å²) in [6, 6.07) is 0. The number of hydrogen-bond donors (Lipinski definition) is 0. The van der Waals surface area contributed by atoms with Crippen LogP contribution in [0.5, 0.6) is 0 Å². The Labute approximate surface area is 88.3 Å². The van der Waals surface area contributed by atoms with Crippen LogP contribution >= 0.6 is 0 Å². The largest absolute Gasteiger partial charge is 0.359 e. The Morgan fingerprint density at radius 1 is 1.36 bits per heavy atom. The first-order chi connectivity index (χ1) is 6.76. The molecule has 0 radical (unpaired) electrons. The summed E-state index contributed by atoms with van der Waals surface area (Å²) >= 11 is 0. The second-order valence-corrected chi connectivity index (χ2v) is 3.70. The lowest BCUT2D eigenvalue weighted by Gasteiger charge is -2.21. The standard InChI is InChI=1S/C12H24O2/c1-5-7-8-9-12(11(3)6-2)14-10-13-4/h6,11-12H,2,5,7-10H2,1,3-4H3/t11-,12-/m0/s1. The van der Waals surface area contributed by atoms with Crippen molar-refractivity contribution in [3.05, 3.63) is 12.7 Å². The zero-order chi connectivity index (χ0) is 10.8. The first-order valence-electron chi connectivity index (χ1n) is 5.49. The molecule has 0 saturated carbocycles. The van der Waals surface area contributed by atoms with Gasteiger partial charge in [0, 0.05) is 13.0 Å². The van der Waals surface area contributed by atoms with Gasteiger partial charge < -0.3 is 9.47 Å². The van der Waals surface area contributed by atoms with Crippen LogP contribution in [0, 0.1) is 5.92 Å². The van der Waals surface area contributed by atoms with Crippen molar-refractivity contribution in [1.82, 2.24) is 0 Å². The van der Waals surface area contributed by atoms with E-state index in [4.69, 9.17) is 9.47 Å². The van der Waals surface area contributed by atoms with Gasteiger partial charge in [-0.2, -0.15) is 0 Å². The van der Waals surface area contributed by atoms with E-state index in [-0.39, 0.29) is 6.10 Å². The second-order valence-electron chi connectivity index (χ2n) is 3.70. The maximum atomic E-state index is 5.60. The lowest BCUT2D eigenvalue weighted by molar-refractivity contribution is -0.0859. The van der Waals surface area contributed by atoms with E-state index < -0.39 is 0 Å². The van der Waals surface area contributed by atoms with Gasteiger partial charge >= 0.3 is 0 Å². The molecule has 0 N–H and O–H groups in total. The fraction of sp³-hybridized carbons (Fsp3) is 0.833. The fourth-order valence-electron chi connectivity index (χ4n) is 1.40. The van der Waals surface area contributed by atoms with E-state index in [0.717, 1.165) is 6.42 Å². The Balaban J connectivity index is 3.77. The lowest BCUT2D eigenvalue weighted by atomic mass is 9.99. The van der Waals surface area contributed by atoms with Crippen LogP contribution in [-0.4, -0.2) is 20.0 Å². The van der Waals surface area contributed by atoms with E-state index in [1.54, 1.807) is 7.11 Å². The summed E-state index contributed by atoms with van der Waals surface area (Å²) in [6.07, 6.45) is 7.06. The van der Waals surface area contributed by atoms with Gasteiger partial charge in [-0.25, -0.2) is 0 Å². The van der Waals surface area contributed by atoms with E-state index in [2.05, 4.69) is 20.4 Å². The quantitative estimate of drug-likeness (QED) is 0.323. The van der Waals surface area contributed by atoms with E-state index in [0.29, 0.717) is 12.7 Å². The smallest absolute Gasteiger partial charge is 0.146 e. The predicted molar refractivity (Wildman–Crippen MR) is 60.3 cm³/mol. The number of unbranched alkanes of at least 4 members (excludes halogenated alkanes) is 2. The van der Waals surface area contributed by atoms with Crippen LogP contribution in [-0.2, 0) is 9.47 Å². The average molecular weight is 200 g/mol. The maximum absolute atomic E-state index is 5.60. The Morgan fingerprint density at radius 2 is 2.07 bits per heavy atom. The van der Waals surface area contributed by atoms with Crippen LogP contribution in [0.4, 0.5) is 0 Å². The molecule has 14 heavy (non-hydrogen) atoms. The molecule has 0 aromatic carbocycles. The highest BCUT2D eigenvalue weighted by Gasteiger charge is 2.14. The van der Waals surface area contributed by atoms with Crippen LogP contribution in [0.2, 0.25) is 0 Å². The van der Waals surface area contributed by atoms with E-state index in [1.165, 1.54) is 19.3 Å². The molecule has 0 unspecified atom stereocenters. The normalized spacial score (nSPS) is 15.1. The molecule has 0 aliphatic heterocycles. The van der Waals surface area contributed by atoms with Crippen molar-refractivity contribution in [2.75, 3.05) is 13.9 Å². The Kier molecular flexibility index (Phi) is 9.00. The molecule has 84 valence electrons. The minimum Gasteiger partial charge on any atom is -0.359 e. The maximum Gasteiger partial charge on any atom is 0.146 e. The summed E-state index contributed by atoms with van der Waals surface area (Å²) in [5, 5.41) is 0. The number of rotatable bonds is 9. The molecular formula is C12H24O2. The summed E-state index contributed by atoms with van der Waals surface area (Å²) < 4.78 is 10.5. The summed E-state index contributed by atoms with van der Waals surface area (Å²) in [5.41, 5.74) is 0. The first-order valence-corrected chi connectivity index (χ1v) is 5.49. The number of hydrogen-bond acceptors (Lipinski definition) is 2. The van der Waals surface area contributed by atoms with E-state index in [9.17, 15) is 0 Å². The summed E-state index contributed by atoms with van der Waals surface area (Å²) in [4.78, 5) is 0. The Morgan fingerprint density at radius 3 is 2.57 bits per heavy atom. The van der Waals surface area contributed by atoms with Crippen molar-refractivity contribution < 1.29 is 9.47 Å². The highest BCUT2D eigenvalue weighted by Crippen LogP contribution is 2.16. The average Bonchev–Trinajstić information content (AvgIpc) is 2.22. The molecule has 0 saturated heterocycles. The Bertz CT molecular complexity index is 134. The molecule has 0 amide bonds. The van der Waals surface area contributed by atoms with Crippen molar-refractivity contribution in [2.24, 2.45) is 5.92 Å². The van der Waals surface area contributed by atoms with Gasteiger partial charge in [0.15, 0.2) is 0 Å². The molecule has 2 atom stereocenters. The zero-order valence-electron chi connectivity index (χ0n) is 9.79. The van der Waals surface area contributed by atoms with Gasteiger partial charge in [-0.3, -0.25) is 0 Å². The van der Waals surface area contributed by atoms with Gasteiger partial charge in [-0.1, -0.05) is 39.2 Å². The third-order valence-corrected chi connectivity index (χ3v) is 2.45. The summed E-state index contributed by atoms with van der Waals surface area (Å²) in [7, 11) is 1.65. The highest BCUT2D eigenvalue weighted by atomic mass is 16.7. The molecule has 0 fully saturated rings. The SMILES string of the molecule is C=C[C@H](C)[C@H](CCCCC)OCOC. The zero-order valence-corrected chi connectivity index (χ0v) is 9.79. The molecular weight excluding hydrogens is 176 g/mol. The predicted octanol–water partition coefficient (Wildman–Crippen LogP) is 3.38. The summed E-state index contributed by atoms with van der Waals surface area (Å²) in [5.74, 6) is 0.405. The Hall–Kier alpha value is -0.340. The van der Waals surface area contributed by atoms with Gasteiger partial charge in [0.1, 0.15) is 6.79 Å². The third-order valence-electron chi connectivity index (χ3n) is 2.45. The van der Waals surface area contributed by atoms with Crippen LogP contribution in [0.25, 0.3) is 0 Å². The molecule has 0 heterocycles. The van der Waals surface area contributed by atoms with Gasteiger partial charge in [-0.15, -0.1) is 6.58 Å². The van der Waals surface area contributed by atoms with Crippen LogP contribution < -0.4 is 0 Å².